The Hall–Kier alpha value is -5.58. The fourth-order valence-electron chi connectivity index (χ4n) is 6.89. The molecule has 0 radical (unpaired) electrons. The van der Waals surface area contributed by atoms with Crippen LogP contribution in [0.25, 0.3) is 91.6 Å². The van der Waals surface area contributed by atoms with Gasteiger partial charge in [0, 0.05) is 26.4 Å². The fraction of sp³-hybridized carbons (Fsp3) is 0. The minimum absolute atomic E-state index is 0.737. The van der Waals surface area contributed by atoms with Gasteiger partial charge in [-0.05, 0) is 56.6 Å². The molecule has 10 rings (SSSR count). The Balaban J connectivity index is 1.39. The van der Waals surface area contributed by atoms with Crippen molar-refractivity contribution in [3.8, 4) is 17.2 Å². The summed E-state index contributed by atoms with van der Waals surface area (Å²) in [5.41, 5.74) is 3.30. The number of benzene rings is 7. The van der Waals surface area contributed by atoms with Gasteiger partial charge >= 0.3 is 0 Å². The molecule has 0 aliphatic rings. The smallest absolute Gasteiger partial charge is 0.163 e. The molecule has 7 aromatic carbocycles. The summed E-state index contributed by atoms with van der Waals surface area (Å²) in [6.07, 6.45) is 0. The lowest BCUT2D eigenvalue weighted by Gasteiger charge is -2.12. The molecule has 3 aromatic heterocycles. The predicted octanol–water partition coefficient (Wildman–Crippen LogP) is 11.1. The molecule has 3 heterocycles. The van der Waals surface area contributed by atoms with E-state index in [0.29, 0.717) is 0 Å². The third-order valence-electron chi connectivity index (χ3n) is 8.96. The molecule has 0 aliphatic carbocycles. The van der Waals surface area contributed by atoms with Gasteiger partial charge in [-0.15, -0.1) is 11.3 Å². The highest BCUT2D eigenvalue weighted by Gasteiger charge is 2.22. The molecule has 0 saturated heterocycles. The lowest BCUT2D eigenvalue weighted by molar-refractivity contribution is 1.08. The molecule has 0 amide bonds. The summed E-state index contributed by atoms with van der Waals surface area (Å²) in [5.74, 6) is 1.65. The van der Waals surface area contributed by atoms with Crippen LogP contribution in [-0.4, -0.2) is 14.5 Å². The Morgan fingerprint density at radius 1 is 0.455 bits per heavy atom. The lowest BCUT2D eigenvalue weighted by atomic mass is 10.1. The highest BCUT2D eigenvalue weighted by atomic mass is 32.1. The van der Waals surface area contributed by atoms with Crippen LogP contribution < -0.4 is 0 Å². The Labute approximate surface area is 256 Å². The first kappa shape index (κ1) is 23.9. The fourth-order valence-corrected chi connectivity index (χ4v) is 8.09. The molecule has 0 atom stereocenters. The number of hydrogen-bond donors (Lipinski definition) is 0. The van der Waals surface area contributed by atoms with Crippen LogP contribution >= 0.6 is 11.3 Å². The number of rotatable bonds is 2. The van der Waals surface area contributed by atoms with Gasteiger partial charge in [0.2, 0.25) is 0 Å². The average molecular weight is 578 g/mol. The van der Waals surface area contributed by atoms with Crippen LogP contribution in [0.2, 0.25) is 0 Å². The number of nitrogens with zero attached hydrogens (tertiary/aromatic N) is 3. The Kier molecular flexibility index (Phi) is 4.87. The van der Waals surface area contributed by atoms with E-state index in [1.165, 1.54) is 53.2 Å². The van der Waals surface area contributed by atoms with Gasteiger partial charge in [-0.2, -0.15) is 0 Å². The minimum Gasteiger partial charge on any atom is -0.293 e. The molecule has 3 nitrogen and oxygen atoms in total. The molecule has 10 aromatic rings. The number of aromatic nitrogens is 3. The SMILES string of the molecule is c1ccc2cc(-c3nc(-n4c5ccccc5c5cc6ccccc6cc54)c4c(n3)sc3c5ccccc5ccc34)ccc2c1. The van der Waals surface area contributed by atoms with Crippen LogP contribution in [0.3, 0.4) is 0 Å². The molecule has 44 heavy (non-hydrogen) atoms. The third-order valence-corrected chi connectivity index (χ3v) is 10.1. The van der Waals surface area contributed by atoms with Crippen LogP contribution in [0, 0.1) is 0 Å². The largest absolute Gasteiger partial charge is 0.293 e. The first-order valence-electron chi connectivity index (χ1n) is 14.8. The maximum absolute atomic E-state index is 5.46. The monoisotopic (exact) mass is 577 g/mol. The zero-order chi connectivity index (χ0) is 28.8. The third kappa shape index (κ3) is 3.37. The van der Waals surface area contributed by atoms with Crippen LogP contribution in [-0.2, 0) is 0 Å². The molecule has 0 N–H and O–H groups in total. The van der Waals surface area contributed by atoms with E-state index in [1.54, 1.807) is 11.3 Å². The van der Waals surface area contributed by atoms with Gasteiger partial charge < -0.3 is 0 Å². The molecule has 0 spiro atoms. The average Bonchev–Trinajstić information content (AvgIpc) is 3.62. The lowest BCUT2D eigenvalue weighted by Crippen LogP contribution is -2.02. The normalized spacial score (nSPS) is 12.1. The van der Waals surface area contributed by atoms with Crippen molar-refractivity contribution in [2.24, 2.45) is 0 Å². The van der Waals surface area contributed by atoms with Crippen molar-refractivity contribution < 1.29 is 0 Å². The first-order chi connectivity index (χ1) is 21.8. The highest BCUT2D eigenvalue weighted by Crippen LogP contribution is 2.43. The molecule has 0 fully saturated rings. The van der Waals surface area contributed by atoms with E-state index in [0.717, 1.165) is 38.5 Å². The van der Waals surface area contributed by atoms with Crippen LogP contribution in [0.4, 0.5) is 0 Å². The van der Waals surface area contributed by atoms with E-state index in [2.05, 4.69) is 144 Å². The van der Waals surface area contributed by atoms with E-state index in [4.69, 9.17) is 9.97 Å². The van der Waals surface area contributed by atoms with Crippen LogP contribution in [0.5, 0.6) is 0 Å². The quantitative estimate of drug-likeness (QED) is 0.205. The van der Waals surface area contributed by atoms with Crippen molar-refractivity contribution in [1.29, 1.82) is 0 Å². The van der Waals surface area contributed by atoms with Gasteiger partial charge in [0.25, 0.3) is 0 Å². The maximum Gasteiger partial charge on any atom is 0.163 e. The van der Waals surface area contributed by atoms with Crippen LogP contribution in [0.15, 0.2) is 140 Å². The molecule has 4 heteroatoms. The number of para-hydroxylation sites is 1. The minimum atomic E-state index is 0.737. The molecule has 0 saturated carbocycles. The van der Waals surface area contributed by atoms with Gasteiger partial charge in [-0.3, -0.25) is 4.57 Å². The summed E-state index contributed by atoms with van der Waals surface area (Å²) in [7, 11) is 0. The van der Waals surface area contributed by atoms with E-state index >= 15 is 0 Å². The summed E-state index contributed by atoms with van der Waals surface area (Å²) in [6.45, 7) is 0. The summed E-state index contributed by atoms with van der Waals surface area (Å²) in [4.78, 5) is 11.7. The summed E-state index contributed by atoms with van der Waals surface area (Å²) in [6, 6.07) is 50.0. The molecule has 0 aliphatic heterocycles. The molecular weight excluding hydrogens is 555 g/mol. The number of thiophene rings is 1. The second kappa shape index (κ2) is 8.96. The Bertz CT molecular complexity index is 2790. The summed E-state index contributed by atoms with van der Waals surface area (Å²) >= 11 is 1.76. The standard InChI is InChI=1S/C40H23N3S/c1-2-11-26-21-29(18-17-24(26)9-1)38-41-39(36-32-20-19-25-10-5-6-14-30(25)37(32)44-40(36)42-38)43-34-16-8-7-15-31(34)33-22-27-12-3-4-13-28(27)23-35(33)43/h1-23H. The second-order valence-electron chi connectivity index (χ2n) is 11.4. The van der Waals surface area contributed by atoms with Gasteiger partial charge in [0.15, 0.2) is 11.6 Å². The first-order valence-corrected chi connectivity index (χ1v) is 15.7. The second-order valence-corrected chi connectivity index (χ2v) is 12.4. The zero-order valence-electron chi connectivity index (χ0n) is 23.5. The number of hydrogen-bond acceptors (Lipinski definition) is 3. The molecule has 0 bridgehead atoms. The van der Waals surface area contributed by atoms with E-state index in [9.17, 15) is 0 Å². The van der Waals surface area contributed by atoms with Gasteiger partial charge in [0.1, 0.15) is 4.83 Å². The van der Waals surface area contributed by atoms with Crippen LogP contribution in [0.1, 0.15) is 0 Å². The highest BCUT2D eigenvalue weighted by molar-refractivity contribution is 7.26. The Morgan fingerprint density at radius 2 is 1.11 bits per heavy atom. The maximum atomic E-state index is 5.46. The predicted molar refractivity (Wildman–Crippen MR) is 187 cm³/mol. The van der Waals surface area contributed by atoms with Crippen molar-refractivity contribution in [2.45, 2.75) is 0 Å². The number of fused-ring (bicyclic) bond motifs is 10. The zero-order valence-corrected chi connectivity index (χ0v) is 24.3. The summed E-state index contributed by atoms with van der Waals surface area (Å²) in [5, 5.41) is 12.1. The molecular formula is C40H23N3S. The van der Waals surface area contributed by atoms with Crippen molar-refractivity contribution in [3.63, 3.8) is 0 Å². The Morgan fingerprint density at radius 3 is 1.95 bits per heavy atom. The van der Waals surface area contributed by atoms with Gasteiger partial charge in [-0.25, -0.2) is 9.97 Å². The van der Waals surface area contributed by atoms with E-state index in [-0.39, 0.29) is 0 Å². The van der Waals surface area contributed by atoms with E-state index < -0.39 is 0 Å². The molecule has 204 valence electrons. The topological polar surface area (TPSA) is 30.7 Å². The van der Waals surface area contributed by atoms with Crippen molar-refractivity contribution in [1.82, 2.24) is 14.5 Å². The summed E-state index contributed by atoms with van der Waals surface area (Å²) < 4.78 is 3.61. The van der Waals surface area contributed by atoms with Gasteiger partial charge in [0.05, 0.1) is 16.4 Å². The van der Waals surface area contributed by atoms with E-state index in [1.807, 2.05) is 0 Å². The molecule has 0 unspecified atom stereocenters. The van der Waals surface area contributed by atoms with Crippen molar-refractivity contribution in [3.05, 3.63) is 140 Å². The van der Waals surface area contributed by atoms with Crippen molar-refractivity contribution >= 4 is 85.8 Å². The van der Waals surface area contributed by atoms with Gasteiger partial charge in [-0.1, -0.05) is 115 Å². The van der Waals surface area contributed by atoms with Crippen molar-refractivity contribution in [2.75, 3.05) is 0 Å².